The zero-order valence-corrected chi connectivity index (χ0v) is 15.9. The van der Waals surface area contributed by atoms with Crippen LogP contribution < -0.4 is 5.48 Å². The molecule has 0 spiro atoms. The van der Waals surface area contributed by atoms with Gasteiger partial charge in [0.25, 0.3) is 0 Å². The van der Waals surface area contributed by atoms with E-state index < -0.39 is 22.6 Å². The van der Waals surface area contributed by atoms with Gasteiger partial charge in [0.1, 0.15) is 13.2 Å². The number of rotatable bonds is 6. The summed E-state index contributed by atoms with van der Waals surface area (Å²) in [5, 5.41) is 0.799. The second-order valence-corrected chi connectivity index (χ2v) is 7.82. The quantitative estimate of drug-likeness (QED) is 0.533. The molecular formula is C16H17Cl3N2O5. The van der Waals surface area contributed by atoms with Gasteiger partial charge >= 0.3 is 12.2 Å². The average molecular weight is 424 g/mol. The van der Waals surface area contributed by atoms with Gasteiger partial charge in [0, 0.05) is 0 Å². The highest BCUT2D eigenvalue weighted by Gasteiger charge is 2.28. The van der Waals surface area contributed by atoms with E-state index in [1.165, 1.54) is 0 Å². The molecule has 0 saturated heterocycles. The van der Waals surface area contributed by atoms with Crippen LogP contribution in [0.4, 0.5) is 9.59 Å². The van der Waals surface area contributed by atoms with Crippen molar-refractivity contribution in [2.75, 3.05) is 6.61 Å². The molecule has 0 fully saturated rings. The molecule has 10 heteroatoms. The number of alkyl halides is 3. The van der Waals surface area contributed by atoms with Gasteiger partial charge in [-0.25, -0.2) is 9.59 Å². The maximum Gasteiger partial charge on any atom is 0.440 e. The molecule has 2 amide bonds. The Bertz CT molecular complexity index is 649. The van der Waals surface area contributed by atoms with E-state index in [4.69, 9.17) is 49.2 Å². The highest BCUT2D eigenvalue weighted by molar-refractivity contribution is 6.67. The van der Waals surface area contributed by atoms with Gasteiger partial charge in [0.15, 0.2) is 0 Å². The number of hydrogen-bond donors (Lipinski definition) is 1. The summed E-state index contributed by atoms with van der Waals surface area (Å²) in [6.45, 7) is -0.418. The van der Waals surface area contributed by atoms with E-state index in [0.29, 0.717) is 12.1 Å². The van der Waals surface area contributed by atoms with Crippen LogP contribution in [0.15, 0.2) is 42.1 Å². The molecule has 142 valence electrons. The fraction of sp³-hybridized carbons (Fsp3) is 0.375. The van der Waals surface area contributed by atoms with Crippen LogP contribution in [0.2, 0.25) is 0 Å². The smallest absolute Gasteiger partial charge is 0.440 e. The summed E-state index contributed by atoms with van der Waals surface area (Å²) in [4.78, 5) is 28.9. The molecule has 2 rings (SSSR count). The first-order chi connectivity index (χ1) is 12.3. The molecule has 0 bridgehead atoms. The van der Waals surface area contributed by atoms with Crippen LogP contribution in [-0.2, 0) is 21.0 Å². The highest BCUT2D eigenvalue weighted by Crippen LogP contribution is 2.27. The highest BCUT2D eigenvalue weighted by atomic mass is 35.6. The summed E-state index contributed by atoms with van der Waals surface area (Å²) in [5.41, 5.74) is 3.37. The van der Waals surface area contributed by atoms with Crippen LogP contribution >= 0.6 is 34.8 Å². The normalized spacial score (nSPS) is 13.7. The molecule has 1 N–H and O–H groups in total. The summed E-state index contributed by atoms with van der Waals surface area (Å²) < 4.78 is 8.12. The molecule has 1 aromatic carbocycles. The first-order valence-electron chi connectivity index (χ1n) is 7.71. The van der Waals surface area contributed by atoms with Gasteiger partial charge in [-0.1, -0.05) is 71.2 Å². The van der Waals surface area contributed by atoms with Gasteiger partial charge in [0.2, 0.25) is 3.79 Å². The molecular weight excluding hydrogens is 407 g/mol. The van der Waals surface area contributed by atoms with Crippen molar-refractivity contribution in [3.63, 3.8) is 0 Å². The molecule has 26 heavy (non-hydrogen) atoms. The number of benzene rings is 1. The van der Waals surface area contributed by atoms with Gasteiger partial charge in [-0.15, -0.1) is 10.0 Å². The van der Waals surface area contributed by atoms with Gasteiger partial charge in [-0.3, -0.25) is 0 Å². The van der Waals surface area contributed by atoms with Crippen LogP contribution in [0.25, 0.3) is 0 Å². The fourth-order valence-corrected chi connectivity index (χ4v) is 2.25. The second-order valence-electron chi connectivity index (χ2n) is 5.31. The summed E-state index contributed by atoms with van der Waals surface area (Å²) in [7, 11) is 0. The van der Waals surface area contributed by atoms with Crippen molar-refractivity contribution in [3.8, 4) is 0 Å². The van der Waals surface area contributed by atoms with Gasteiger partial charge in [-0.05, 0) is 24.8 Å². The first-order valence-corrected chi connectivity index (χ1v) is 8.85. The number of ether oxygens (including phenoxy) is 2. The number of allylic oxidation sites excluding steroid dienone is 2. The van der Waals surface area contributed by atoms with Crippen molar-refractivity contribution >= 4 is 47.0 Å². The number of hydroxylamine groups is 3. The van der Waals surface area contributed by atoms with Crippen LogP contribution in [0.3, 0.4) is 0 Å². The Kier molecular flexibility index (Phi) is 7.84. The summed E-state index contributed by atoms with van der Waals surface area (Å²) in [5.74, 6) is 0. The van der Waals surface area contributed by atoms with Crippen LogP contribution in [0.1, 0.15) is 24.8 Å². The molecule has 0 heterocycles. The second kappa shape index (κ2) is 9.87. The van der Waals surface area contributed by atoms with Crippen LogP contribution in [-0.4, -0.2) is 27.6 Å². The monoisotopic (exact) mass is 422 g/mol. The van der Waals surface area contributed by atoms with E-state index in [2.05, 4.69) is 0 Å². The van der Waals surface area contributed by atoms with Gasteiger partial charge in [0.05, 0.1) is 5.70 Å². The molecule has 1 aromatic rings. The fourth-order valence-electron chi connectivity index (χ4n) is 2.09. The number of hydrogen-bond acceptors (Lipinski definition) is 5. The van der Waals surface area contributed by atoms with Crippen molar-refractivity contribution in [2.24, 2.45) is 0 Å². The minimum Gasteiger partial charge on any atom is -0.443 e. The lowest BCUT2D eigenvalue weighted by molar-refractivity contribution is -0.157. The number of halogens is 3. The summed E-state index contributed by atoms with van der Waals surface area (Å²) >= 11 is 16.7. The predicted octanol–water partition coefficient (Wildman–Crippen LogP) is 4.64. The zero-order valence-electron chi connectivity index (χ0n) is 13.6. The topological polar surface area (TPSA) is 77.1 Å². The van der Waals surface area contributed by atoms with Crippen LogP contribution in [0, 0.1) is 0 Å². The summed E-state index contributed by atoms with van der Waals surface area (Å²) in [6, 6.07) is 9.10. The number of amides is 2. The maximum absolute atomic E-state index is 12.1. The average Bonchev–Trinajstić information content (AvgIpc) is 3.13. The Morgan fingerprint density at radius 1 is 1.15 bits per heavy atom. The third-order valence-corrected chi connectivity index (χ3v) is 3.56. The van der Waals surface area contributed by atoms with Crippen molar-refractivity contribution in [2.45, 2.75) is 29.7 Å². The number of carbonyl (C=O) groups is 2. The molecule has 1 aliphatic rings. The standard InChI is InChI=1S/C16H17Cl3N2O5/c17-16(18,19)11-25-15(23)21(13-8-4-5-9-13)26-20-14(22)24-10-12-6-2-1-3-7-12/h1-3,6-8H,4-5,9-11H2,(H,20,22). The molecule has 0 radical (unpaired) electrons. The lowest BCUT2D eigenvalue weighted by atomic mass is 10.2. The molecule has 0 atom stereocenters. The van der Waals surface area contributed by atoms with Crippen molar-refractivity contribution in [3.05, 3.63) is 47.7 Å². The number of carbonyl (C=O) groups excluding carboxylic acids is 2. The third-order valence-electron chi connectivity index (χ3n) is 3.24. The molecule has 7 nitrogen and oxygen atoms in total. The SMILES string of the molecule is O=C(NON(C(=O)OCC(Cl)(Cl)Cl)C1=CCCC1)OCc1ccccc1. The molecule has 0 unspecified atom stereocenters. The maximum atomic E-state index is 12.1. The molecule has 0 saturated carbocycles. The minimum atomic E-state index is -1.76. The van der Waals surface area contributed by atoms with Crippen molar-refractivity contribution in [1.82, 2.24) is 10.5 Å². The predicted molar refractivity (Wildman–Crippen MR) is 96.3 cm³/mol. The van der Waals surface area contributed by atoms with Gasteiger partial charge in [-0.2, -0.15) is 5.48 Å². The number of nitrogens with one attached hydrogen (secondary N) is 1. The first kappa shape index (κ1) is 20.6. The Morgan fingerprint density at radius 2 is 1.88 bits per heavy atom. The summed E-state index contributed by atoms with van der Waals surface area (Å²) in [6.07, 6.45) is 2.17. The van der Waals surface area contributed by atoms with Gasteiger partial charge < -0.3 is 9.47 Å². The molecule has 0 aliphatic heterocycles. The number of nitrogens with zero attached hydrogens (tertiary/aromatic N) is 1. The van der Waals surface area contributed by atoms with Crippen molar-refractivity contribution in [1.29, 1.82) is 0 Å². The Balaban J connectivity index is 1.86. The van der Waals surface area contributed by atoms with Crippen molar-refractivity contribution < 1.29 is 24.0 Å². The lowest BCUT2D eigenvalue weighted by Gasteiger charge is -2.22. The Morgan fingerprint density at radius 3 is 2.50 bits per heavy atom. The molecule has 1 aliphatic carbocycles. The van der Waals surface area contributed by atoms with E-state index in [0.717, 1.165) is 23.5 Å². The Labute approximate surface area is 165 Å². The van der Waals surface area contributed by atoms with E-state index in [-0.39, 0.29) is 6.61 Å². The van der Waals surface area contributed by atoms with Crippen LogP contribution in [0.5, 0.6) is 0 Å². The lowest BCUT2D eigenvalue weighted by Crippen LogP contribution is -2.39. The largest absolute Gasteiger partial charge is 0.443 e. The third kappa shape index (κ3) is 7.29. The minimum absolute atomic E-state index is 0.0520. The zero-order chi connectivity index (χ0) is 19.0. The molecule has 0 aromatic heterocycles. The van der Waals surface area contributed by atoms with E-state index in [1.807, 2.05) is 23.7 Å². The van der Waals surface area contributed by atoms with E-state index >= 15 is 0 Å². The Hall–Kier alpha value is -1.67. The van der Waals surface area contributed by atoms with E-state index in [1.54, 1.807) is 18.2 Å². The van der Waals surface area contributed by atoms with E-state index in [9.17, 15) is 9.59 Å².